The molecular formula is C21H23N3O4. The van der Waals surface area contributed by atoms with Gasteiger partial charge in [-0.15, -0.1) is 0 Å². The van der Waals surface area contributed by atoms with Crippen LogP contribution in [-0.4, -0.2) is 38.4 Å². The molecule has 3 rings (SSSR count). The minimum absolute atomic E-state index is 0.558. The van der Waals surface area contributed by atoms with Gasteiger partial charge < -0.3 is 10.2 Å². The number of carboxylic acid groups (broad SMARTS) is 2. The fourth-order valence-electron chi connectivity index (χ4n) is 2.61. The Bertz CT molecular complexity index is 919. The Kier molecular flexibility index (Phi) is 7.77. The van der Waals surface area contributed by atoms with Gasteiger partial charge in [0.1, 0.15) is 0 Å². The van der Waals surface area contributed by atoms with Crippen molar-refractivity contribution in [3.8, 4) is 0 Å². The molecule has 0 amide bonds. The lowest BCUT2D eigenvalue weighted by atomic mass is 10.2. The molecule has 1 aromatic carbocycles. The van der Waals surface area contributed by atoms with Crippen molar-refractivity contribution >= 4 is 28.5 Å². The van der Waals surface area contributed by atoms with Crippen LogP contribution in [0.2, 0.25) is 0 Å². The van der Waals surface area contributed by atoms with E-state index in [9.17, 15) is 9.59 Å². The van der Waals surface area contributed by atoms with Crippen molar-refractivity contribution in [3.05, 3.63) is 73.2 Å². The number of fused-ring (bicyclic) bond motifs is 1. The molecule has 0 radical (unpaired) electrons. The molecule has 0 aliphatic carbocycles. The lowest BCUT2D eigenvalue weighted by Gasteiger charge is -2.26. The third kappa shape index (κ3) is 5.98. The van der Waals surface area contributed by atoms with Gasteiger partial charge in [-0.25, -0.2) is 9.59 Å². The maximum Gasteiger partial charge on any atom is 0.328 e. The molecule has 146 valence electrons. The van der Waals surface area contributed by atoms with E-state index in [1.807, 2.05) is 12.4 Å². The summed E-state index contributed by atoms with van der Waals surface area (Å²) in [4.78, 5) is 23.2. The van der Waals surface area contributed by atoms with Crippen LogP contribution < -0.4 is 5.01 Å². The number of anilines is 1. The van der Waals surface area contributed by atoms with Gasteiger partial charge in [-0.2, -0.15) is 0 Å². The molecule has 0 bridgehead atoms. The zero-order valence-corrected chi connectivity index (χ0v) is 15.6. The van der Waals surface area contributed by atoms with E-state index in [1.165, 1.54) is 23.0 Å². The molecule has 0 fully saturated rings. The average Bonchev–Trinajstić information content (AvgIpc) is 3.12. The number of hydrogen-bond donors (Lipinski definition) is 2. The second-order valence-electron chi connectivity index (χ2n) is 5.91. The topological polar surface area (TPSA) is 95.7 Å². The fraction of sp³-hybridized carbons (Fsp3) is 0.190. The summed E-state index contributed by atoms with van der Waals surface area (Å²) >= 11 is 0. The van der Waals surface area contributed by atoms with Gasteiger partial charge in [-0.05, 0) is 30.7 Å². The number of rotatable bonds is 7. The van der Waals surface area contributed by atoms with Crippen molar-refractivity contribution in [1.82, 2.24) is 9.66 Å². The van der Waals surface area contributed by atoms with Crippen LogP contribution in [0, 0.1) is 0 Å². The molecule has 0 atom stereocenters. The van der Waals surface area contributed by atoms with Crippen LogP contribution in [0.4, 0.5) is 5.69 Å². The summed E-state index contributed by atoms with van der Waals surface area (Å²) in [7, 11) is 0. The van der Waals surface area contributed by atoms with E-state index in [2.05, 4.69) is 70.3 Å². The molecule has 0 aliphatic heterocycles. The molecule has 0 spiro atoms. The minimum Gasteiger partial charge on any atom is -0.478 e. The maximum absolute atomic E-state index is 9.55. The molecular weight excluding hydrogens is 358 g/mol. The Morgan fingerprint density at radius 2 is 1.68 bits per heavy atom. The van der Waals surface area contributed by atoms with Crippen molar-refractivity contribution in [2.24, 2.45) is 0 Å². The number of nitrogens with zero attached hydrogens (tertiary/aromatic N) is 3. The van der Waals surface area contributed by atoms with Crippen LogP contribution in [-0.2, 0) is 9.59 Å². The molecule has 3 aromatic rings. The van der Waals surface area contributed by atoms with Gasteiger partial charge in [0.05, 0.1) is 11.2 Å². The number of pyridine rings is 1. The van der Waals surface area contributed by atoms with Crippen molar-refractivity contribution in [2.75, 3.05) is 11.6 Å². The van der Waals surface area contributed by atoms with E-state index in [1.54, 1.807) is 0 Å². The van der Waals surface area contributed by atoms with Crippen LogP contribution in [0.15, 0.2) is 73.2 Å². The second kappa shape index (κ2) is 10.5. The van der Waals surface area contributed by atoms with Gasteiger partial charge in [-0.1, -0.05) is 31.5 Å². The summed E-state index contributed by atoms with van der Waals surface area (Å²) in [5.74, 6) is -2.51. The first kappa shape index (κ1) is 20.7. The molecule has 7 heteroatoms. The Labute approximate surface area is 163 Å². The van der Waals surface area contributed by atoms with Crippen molar-refractivity contribution in [3.63, 3.8) is 0 Å². The van der Waals surface area contributed by atoms with Crippen molar-refractivity contribution < 1.29 is 19.8 Å². The smallest absolute Gasteiger partial charge is 0.328 e. The van der Waals surface area contributed by atoms with Gasteiger partial charge in [0.25, 0.3) is 0 Å². The summed E-state index contributed by atoms with van der Waals surface area (Å²) < 4.78 is 2.24. The Morgan fingerprint density at radius 3 is 2.29 bits per heavy atom. The van der Waals surface area contributed by atoms with Gasteiger partial charge in [0.2, 0.25) is 0 Å². The third-order valence-electron chi connectivity index (χ3n) is 3.89. The Balaban J connectivity index is 0.000000300. The van der Waals surface area contributed by atoms with Gasteiger partial charge in [0, 0.05) is 42.7 Å². The van der Waals surface area contributed by atoms with Gasteiger partial charge in [0.15, 0.2) is 0 Å². The quantitative estimate of drug-likeness (QED) is 0.604. The SMILES string of the molecule is CCCCN(c1ccncc1)n1ccc2ccccc21.O=C(O)C=CC(=O)O. The van der Waals surface area contributed by atoms with Crippen LogP contribution in [0.3, 0.4) is 0 Å². The number of aliphatic carboxylic acids is 2. The summed E-state index contributed by atoms with van der Waals surface area (Å²) in [6.07, 6.45) is 9.29. The molecule has 0 saturated heterocycles. The van der Waals surface area contributed by atoms with E-state index >= 15 is 0 Å². The van der Waals surface area contributed by atoms with E-state index in [0.29, 0.717) is 12.2 Å². The monoisotopic (exact) mass is 381 g/mol. The fourth-order valence-corrected chi connectivity index (χ4v) is 2.61. The number of hydrogen-bond acceptors (Lipinski definition) is 4. The summed E-state index contributed by atoms with van der Waals surface area (Å²) in [5.41, 5.74) is 2.41. The van der Waals surface area contributed by atoms with Crippen LogP contribution >= 0.6 is 0 Å². The third-order valence-corrected chi connectivity index (χ3v) is 3.89. The standard InChI is InChI=1S/C17H19N3.C4H4O4/c1-2-3-13-19(16-8-11-18-12-9-16)20-14-10-15-6-4-5-7-17(15)20;5-3(6)1-2-4(7)8/h4-12,14H,2-3,13H2,1H3;1-2H,(H,5,6)(H,7,8). The number of carbonyl (C=O) groups is 2. The van der Waals surface area contributed by atoms with Crippen LogP contribution in [0.25, 0.3) is 10.9 Å². The number of unbranched alkanes of at least 4 members (excludes halogenated alkanes) is 1. The largest absolute Gasteiger partial charge is 0.478 e. The molecule has 0 saturated carbocycles. The molecule has 0 aliphatic rings. The first-order valence-electron chi connectivity index (χ1n) is 8.90. The highest BCUT2D eigenvalue weighted by molar-refractivity contribution is 5.89. The van der Waals surface area contributed by atoms with Crippen molar-refractivity contribution in [2.45, 2.75) is 19.8 Å². The molecule has 7 nitrogen and oxygen atoms in total. The molecule has 0 unspecified atom stereocenters. The first-order chi connectivity index (χ1) is 13.5. The predicted octanol–water partition coefficient (Wildman–Crippen LogP) is 3.82. The maximum atomic E-state index is 9.55. The van der Waals surface area contributed by atoms with Gasteiger partial charge >= 0.3 is 11.9 Å². The molecule has 2 heterocycles. The number of aromatic nitrogens is 2. The van der Waals surface area contributed by atoms with E-state index in [4.69, 9.17) is 10.2 Å². The van der Waals surface area contributed by atoms with Crippen LogP contribution in [0.1, 0.15) is 19.8 Å². The average molecular weight is 381 g/mol. The zero-order valence-electron chi connectivity index (χ0n) is 15.6. The highest BCUT2D eigenvalue weighted by Gasteiger charge is 2.10. The predicted molar refractivity (Wildman–Crippen MR) is 108 cm³/mol. The van der Waals surface area contributed by atoms with Gasteiger partial charge in [-0.3, -0.25) is 14.7 Å². The minimum atomic E-state index is -1.26. The number of para-hydroxylation sites is 1. The first-order valence-corrected chi connectivity index (χ1v) is 8.90. The van der Waals surface area contributed by atoms with E-state index < -0.39 is 11.9 Å². The Hall–Kier alpha value is -3.61. The van der Waals surface area contributed by atoms with Crippen molar-refractivity contribution in [1.29, 1.82) is 0 Å². The second-order valence-corrected chi connectivity index (χ2v) is 5.91. The number of carboxylic acids is 2. The normalized spacial score (nSPS) is 10.5. The Morgan fingerprint density at radius 1 is 1.04 bits per heavy atom. The summed E-state index contributed by atoms with van der Waals surface area (Å²) in [6, 6.07) is 14.8. The number of benzene rings is 1. The summed E-state index contributed by atoms with van der Waals surface area (Å²) in [6.45, 7) is 3.22. The summed E-state index contributed by atoms with van der Waals surface area (Å²) in [5, 5.41) is 19.2. The lowest BCUT2D eigenvalue weighted by molar-refractivity contribution is -0.134. The molecule has 2 aromatic heterocycles. The lowest BCUT2D eigenvalue weighted by Crippen LogP contribution is -2.29. The highest BCUT2D eigenvalue weighted by atomic mass is 16.4. The van der Waals surface area contributed by atoms with E-state index in [-0.39, 0.29) is 0 Å². The zero-order chi connectivity index (χ0) is 20.4. The van der Waals surface area contributed by atoms with Crippen LogP contribution in [0.5, 0.6) is 0 Å². The van der Waals surface area contributed by atoms with E-state index in [0.717, 1.165) is 13.0 Å². The molecule has 2 N–H and O–H groups in total. The molecule has 28 heavy (non-hydrogen) atoms. The highest BCUT2D eigenvalue weighted by Crippen LogP contribution is 2.21.